The molecule has 2 bridgehead atoms. The molecule has 4 aliphatic rings. The van der Waals surface area contributed by atoms with Gasteiger partial charge in [-0.05, 0) is 44.3 Å². The quantitative estimate of drug-likeness (QED) is 0.795. The molecule has 1 N–H and O–H groups in total. The third-order valence-corrected chi connectivity index (χ3v) is 5.70. The number of nitrogens with one attached hydrogen (secondary N) is 1. The third-order valence-electron chi connectivity index (χ3n) is 5.70. The second kappa shape index (κ2) is 4.57. The molecule has 0 aromatic carbocycles. The van der Waals surface area contributed by atoms with Crippen LogP contribution in [-0.2, 0) is 9.53 Å². The number of esters is 1. The van der Waals surface area contributed by atoms with Gasteiger partial charge in [0, 0.05) is 24.6 Å². The fraction of sp³-hybridized carbons (Fsp3) is 0.812. The second-order valence-corrected chi connectivity index (χ2v) is 6.77. The Labute approximate surface area is 120 Å². The molecule has 4 nitrogen and oxygen atoms in total. The smallest absolute Gasteiger partial charge is 0.331 e. The van der Waals surface area contributed by atoms with Crippen LogP contribution in [0.3, 0.4) is 0 Å². The summed E-state index contributed by atoms with van der Waals surface area (Å²) in [7, 11) is 0. The van der Waals surface area contributed by atoms with Crippen molar-refractivity contribution in [1.29, 1.82) is 0 Å². The number of hydrogen-bond acceptors (Lipinski definition) is 4. The van der Waals surface area contributed by atoms with E-state index in [-0.39, 0.29) is 11.6 Å². The lowest BCUT2D eigenvalue weighted by molar-refractivity contribution is -0.148. The molecule has 4 heteroatoms. The van der Waals surface area contributed by atoms with Crippen molar-refractivity contribution < 1.29 is 9.53 Å². The van der Waals surface area contributed by atoms with Gasteiger partial charge in [0.05, 0.1) is 6.04 Å². The van der Waals surface area contributed by atoms with Crippen molar-refractivity contribution in [3.8, 4) is 0 Å². The molecule has 1 aliphatic carbocycles. The molecule has 4 rings (SSSR count). The van der Waals surface area contributed by atoms with E-state index in [0.29, 0.717) is 18.1 Å². The van der Waals surface area contributed by atoms with Crippen molar-refractivity contribution in [3.05, 3.63) is 11.6 Å². The van der Waals surface area contributed by atoms with Gasteiger partial charge in [-0.25, -0.2) is 4.79 Å². The van der Waals surface area contributed by atoms with E-state index in [4.69, 9.17) is 4.74 Å². The Balaban J connectivity index is 1.68. The first-order valence-corrected chi connectivity index (χ1v) is 8.18. The standard InChI is InChI=1S/C16H24N2O2/c1-2-6-17-12-8-11-9-15(19)20-16(11)10-13(12)18-7-4-3-5-14(16)18/h9,12-14,17H,2-8,10H2,1H3/t12-,13-,14+,16-/m1/s1. The van der Waals surface area contributed by atoms with Gasteiger partial charge >= 0.3 is 5.97 Å². The molecule has 0 amide bonds. The lowest BCUT2D eigenvalue weighted by Gasteiger charge is -2.38. The number of ether oxygens (including phenoxy) is 1. The van der Waals surface area contributed by atoms with Crippen molar-refractivity contribution in [2.45, 2.75) is 69.2 Å². The zero-order chi connectivity index (χ0) is 13.7. The summed E-state index contributed by atoms with van der Waals surface area (Å²) >= 11 is 0. The molecular formula is C16H24N2O2. The van der Waals surface area contributed by atoms with Crippen LogP contribution in [0.15, 0.2) is 11.6 Å². The first-order valence-electron chi connectivity index (χ1n) is 8.18. The fourth-order valence-corrected chi connectivity index (χ4v) is 4.93. The average molecular weight is 276 g/mol. The largest absolute Gasteiger partial charge is 0.450 e. The van der Waals surface area contributed by atoms with Crippen LogP contribution in [0.25, 0.3) is 0 Å². The highest BCUT2D eigenvalue weighted by molar-refractivity contribution is 5.87. The Kier molecular flexibility index (Phi) is 2.93. The van der Waals surface area contributed by atoms with Crippen LogP contribution in [0.4, 0.5) is 0 Å². The summed E-state index contributed by atoms with van der Waals surface area (Å²) < 4.78 is 5.87. The van der Waals surface area contributed by atoms with E-state index in [2.05, 4.69) is 17.1 Å². The number of hydrogen-bond donors (Lipinski definition) is 1. The maximum Gasteiger partial charge on any atom is 0.331 e. The fourth-order valence-electron chi connectivity index (χ4n) is 4.93. The van der Waals surface area contributed by atoms with Crippen molar-refractivity contribution in [2.75, 3.05) is 13.1 Å². The van der Waals surface area contributed by atoms with Crippen LogP contribution in [0.2, 0.25) is 0 Å². The highest BCUT2D eigenvalue weighted by atomic mass is 16.6. The van der Waals surface area contributed by atoms with E-state index in [1.807, 2.05) is 0 Å². The van der Waals surface area contributed by atoms with E-state index < -0.39 is 0 Å². The van der Waals surface area contributed by atoms with Gasteiger partial charge in [0.1, 0.15) is 0 Å². The Morgan fingerprint density at radius 3 is 3.25 bits per heavy atom. The van der Waals surface area contributed by atoms with Crippen LogP contribution < -0.4 is 5.32 Å². The Bertz CT molecular complexity index is 461. The first kappa shape index (κ1) is 12.8. The molecule has 0 unspecified atom stereocenters. The molecule has 3 aliphatic heterocycles. The zero-order valence-electron chi connectivity index (χ0n) is 12.2. The normalized spacial score (nSPS) is 43.0. The molecule has 1 saturated carbocycles. The lowest BCUT2D eigenvalue weighted by Crippen LogP contribution is -2.50. The molecule has 4 atom stereocenters. The van der Waals surface area contributed by atoms with Crippen LogP contribution in [0, 0.1) is 0 Å². The van der Waals surface area contributed by atoms with Gasteiger partial charge in [-0.1, -0.05) is 13.3 Å². The van der Waals surface area contributed by atoms with Crippen molar-refractivity contribution >= 4 is 5.97 Å². The number of rotatable bonds is 3. The molecular weight excluding hydrogens is 252 g/mol. The first-order chi connectivity index (χ1) is 9.74. The van der Waals surface area contributed by atoms with Crippen molar-refractivity contribution in [1.82, 2.24) is 10.2 Å². The molecule has 0 aromatic heterocycles. The summed E-state index contributed by atoms with van der Waals surface area (Å²) in [6, 6.07) is 1.48. The van der Waals surface area contributed by atoms with E-state index in [0.717, 1.165) is 25.8 Å². The van der Waals surface area contributed by atoms with Gasteiger partial charge < -0.3 is 10.1 Å². The Hall–Kier alpha value is -0.870. The molecule has 110 valence electrons. The minimum atomic E-state index is -0.257. The van der Waals surface area contributed by atoms with Gasteiger partial charge in [-0.3, -0.25) is 4.90 Å². The van der Waals surface area contributed by atoms with E-state index in [9.17, 15) is 4.79 Å². The van der Waals surface area contributed by atoms with Crippen molar-refractivity contribution in [2.24, 2.45) is 0 Å². The number of carbonyl (C=O) groups excluding carboxylic acids is 1. The second-order valence-electron chi connectivity index (χ2n) is 6.77. The molecule has 2 saturated heterocycles. The minimum Gasteiger partial charge on any atom is -0.450 e. The topological polar surface area (TPSA) is 41.6 Å². The Morgan fingerprint density at radius 2 is 2.40 bits per heavy atom. The van der Waals surface area contributed by atoms with Crippen molar-refractivity contribution in [3.63, 3.8) is 0 Å². The summed E-state index contributed by atoms with van der Waals surface area (Å²) in [6.07, 6.45) is 8.69. The average Bonchev–Trinajstić information content (AvgIpc) is 2.93. The molecule has 0 radical (unpaired) electrons. The third kappa shape index (κ3) is 1.64. The molecule has 0 aromatic rings. The van der Waals surface area contributed by atoms with Gasteiger partial charge in [-0.2, -0.15) is 0 Å². The molecule has 3 fully saturated rings. The SMILES string of the molecule is CCCN[C@@H]1CC2=CC(=O)O[C@]23C[C@H]1N1CCCC[C@H]13. The van der Waals surface area contributed by atoms with Crippen LogP contribution in [0.5, 0.6) is 0 Å². The predicted octanol–water partition coefficient (Wildman–Crippen LogP) is 1.61. The number of carbonyl (C=O) groups is 1. The van der Waals surface area contributed by atoms with Crippen LogP contribution >= 0.6 is 0 Å². The molecule has 20 heavy (non-hydrogen) atoms. The highest BCUT2D eigenvalue weighted by Crippen LogP contribution is 2.53. The predicted molar refractivity (Wildman–Crippen MR) is 76.4 cm³/mol. The molecule has 3 heterocycles. The summed E-state index contributed by atoms with van der Waals surface area (Å²) in [6.45, 7) is 4.45. The summed E-state index contributed by atoms with van der Waals surface area (Å²) in [5.41, 5.74) is 1.01. The number of nitrogens with zero attached hydrogens (tertiary/aromatic N) is 1. The van der Waals surface area contributed by atoms with Gasteiger partial charge in [-0.15, -0.1) is 0 Å². The van der Waals surface area contributed by atoms with Crippen LogP contribution in [0.1, 0.15) is 45.4 Å². The minimum absolute atomic E-state index is 0.109. The lowest BCUT2D eigenvalue weighted by atomic mass is 9.75. The van der Waals surface area contributed by atoms with Gasteiger partial charge in [0.15, 0.2) is 5.60 Å². The zero-order valence-corrected chi connectivity index (χ0v) is 12.2. The maximum atomic E-state index is 11.8. The monoisotopic (exact) mass is 276 g/mol. The maximum absolute atomic E-state index is 11.8. The van der Waals surface area contributed by atoms with E-state index in [1.54, 1.807) is 6.08 Å². The van der Waals surface area contributed by atoms with E-state index >= 15 is 0 Å². The highest BCUT2D eigenvalue weighted by Gasteiger charge is 2.63. The summed E-state index contributed by atoms with van der Waals surface area (Å²) in [5, 5.41) is 3.71. The van der Waals surface area contributed by atoms with Crippen LogP contribution in [-0.4, -0.2) is 47.7 Å². The van der Waals surface area contributed by atoms with Gasteiger partial charge in [0.2, 0.25) is 0 Å². The molecule has 1 spiro atoms. The van der Waals surface area contributed by atoms with Gasteiger partial charge in [0.25, 0.3) is 0 Å². The Morgan fingerprint density at radius 1 is 1.50 bits per heavy atom. The summed E-state index contributed by atoms with van der Waals surface area (Å²) in [4.78, 5) is 14.5. The van der Waals surface area contributed by atoms with E-state index in [1.165, 1.54) is 31.4 Å². The summed E-state index contributed by atoms with van der Waals surface area (Å²) in [5.74, 6) is -0.109. The number of piperidine rings is 1. The number of fused-ring (bicyclic) bond motifs is 3.